The highest BCUT2D eigenvalue weighted by molar-refractivity contribution is 5.89. The number of aliphatic hydroxyl groups is 2. The number of para-hydroxylation sites is 2. The van der Waals surface area contributed by atoms with Gasteiger partial charge in [-0.25, -0.2) is 0 Å². The molecule has 1 heterocycles. The summed E-state index contributed by atoms with van der Waals surface area (Å²) in [6.07, 6.45) is 4.40. The number of aromatic hydroxyl groups is 2. The number of phenolic OH excluding ortho intramolecular Hbond substituents is 2. The van der Waals surface area contributed by atoms with Crippen LogP contribution in [0.15, 0.2) is 82.8 Å². The molecular weight excluding hydrogens is 528 g/mol. The highest BCUT2D eigenvalue weighted by Gasteiger charge is 2.37. The summed E-state index contributed by atoms with van der Waals surface area (Å²) >= 11 is 0. The first-order valence-electron chi connectivity index (χ1n) is 14.2. The average Bonchev–Trinajstić information content (AvgIpc) is 2.99. The van der Waals surface area contributed by atoms with Crippen LogP contribution in [0.5, 0.6) is 23.0 Å². The Balaban J connectivity index is 1.58. The van der Waals surface area contributed by atoms with Crippen LogP contribution >= 0.6 is 0 Å². The van der Waals surface area contributed by atoms with Gasteiger partial charge in [-0.3, -0.25) is 9.98 Å². The highest BCUT2D eigenvalue weighted by atomic mass is 16.5. The Morgan fingerprint density at radius 2 is 1.12 bits per heavy atom. The zero-order valence-electron chi connectivity index (χ0n) is 23.9. The molecule has 0 bridgehead atoms. The summed E-state index contributed by atoms with van der Waals surface area (Å²) in [5.41, 5.74) is 6.49. The van der Waals surface area contributed by atoms with Crippen molar-refractivity contribution >= 4 is 12.4 Å². The highest BCUT2D eigenvalue weighted by Crippen LogP contribution is 2.54. The standard InChI is InChI=1S/C35H36N2O5/c1-35(2)29-9-3-7-27(23-11-13-31(40)25(19-23)21-36-15-5-17-38)33(29)42-34-28(8-4-10-30(34)35)24-12-14-32(41)26(20-24)22-37-16-6-18-39/h3-4,7-14,19-22,38-41H,5-6,15-18H2,1-2H3. The SMILES string of the molecule is CC1(C)c2cccc(-c3ccc(O)c(C=NCCCO)c3)c2Oc2c(-c3ccc(O)c(C=NCCCO)c3)cccc21. The zero-order valence-corrected chi connectivity index (χ0v) is 23.9. The van der Waals surface area contributed by atoms with E-state index in [4.69, 9.17) is 14.9 Å². The Morgan fingerprint density at radius 1 is 0.667 bits per heavy atom. The van der Waals surface area contributed by atoms with Crippen molar-refractivity contribution in [2.75, 3.05) is 26.3 Å². The van der Waals surface area contributed by atoms with Gasteiger partial charge in [0, 0.05) is 77.5 Å². The maximum Gasteiger partial charge on any atom is 0.139 e. The summed E-state index contributed by atoms with van der Waals surface area (Å²) in [5, 5.41) is 39.0. The van der Waals surface area contributed by atoms with E-state index in [1.165, 1.54) is 0 Å². The third kappa shape index (κ3) is 5.79. The Kier molecular flexibility index (Phi) is 8.71. The molecule has 0 saturated carbocycles. The molecule has 1 aliphatic rings. The zero-order chi connectivity index (χ0) is 29.7. The molecule has 4 N–H and O–H groups in total. The van der Waals surface area contributed by atoms with Crippen LogP contribution in [0.2, 0.25) is 0 Å². The number of aliphatic imine (C=N–C) groups is 2. The minimum absolute atomic E-state index is 0.0692. The maximum atomic E-state index is 10.5. The van der Waals surface area contributed by atoms with E-state index in [9.17, 15) is 10.2 Å². The van der Waals surface area contributed by atoms with Crippen molar-refractivity contribution in [2.24, 2.45) is 9.98 Å². The quantitative estimate of drug-likeness (QED) is 0.130. The van der Waals surface area contributed by atoms with Gasteiger partial charge in [-0.05, 0) is 48.2 Å². The number of fused-ring (bicyclic) bond motifs is 2. The minimum atomic E-state index is -0.369. The first-order valence-corrected chi connectivity index (χ1v) is 14.2. The molecule has 7 heteroatoms. The minimum Gasteiger partial charge on any atom is -0.507 e. The lowest BCUT2D eigenvalue weighted by Crippen LogP contribution is -2.25. The van der Waals surface area contributed by atoms with E-state index in [1.807, 2.05) is 48.5 Å². The molecule has 0 fully saturated rings. The fourth-order valence-corrected chi connectivity index (χ4v) is 5.28. The summed E-state index contributed by atoms with van der Waals surface area (Å²) in [5.74, 6) is 1.77. The smallest absolute Gasteiger partial charge is 0.139 e. The van der Waals surface area contributed by atoms with E-state index in [-0.39, 0.29) is 30.1 Å². The second-order valence-corrected chi connectivity index (χ2v) is 10.9. The van der Waals surface area contributed by atoms with Crippen molar-refractivity contribution in [3.05, 3.63) is 95.1 Å². The fraction of sp³-hybridized carbons (Fsp3) is 0.257. The lowest BCUT2D eigenvalue weighted by molar-refractivity contribution is 0.291. The van der Waals surface area contributed by atoms with Gasteiger partial charge < -0.3 is 25.2 Å². The molecule has 0 radical (unpaired) electrons. The molecule has 0 aliphatic carbocycles. The second-order valence-electron chi connectivity index (χ2n) is 10.9. The van der Waals surface area contributed by atoms with E-state index < -0.39 is 0 Å². The molecular formula is C35H36N2O5. The Bertz CT molecular complexity index is 1520. The molecule has 5 rings (SSSR count). The number of rotatable bonds is 10. The number of benzene rings is 4. The fourth-order valence-electron chi connectivity index (χ4n) is 5.28. The van der Waals surface area contributed by atoms with Crippen molar-refractivity contribution < 1.29 is 25.2 Å². The van der Waals surface area contributed by atoms with Crippen molar-refractivity contribution in [2.45, 2.75) is 32.1 Å². The number of hydrogen-bond donors (Lipinski definition) is 4. The van der Waals surface area contributed by atoms with Gasteiger partial charge in [0.15, 0.2) is 0 Å². The number of aliphatic hydroxyl groups excluding tert-OH is 2. The first kappa shape index (κ1) is 29.0. The van der Waals surface area contributed by atoms with Crippen LogP contribution in [0.25, 0.3) is 22.3 Å². The molecule has 42 heavy (non-hydrogen) atoms. The van der Waals surface area contributed by atoms with Crippen LogP contribution in [-0.4, -0.2) is 59.2 Å². The number of ether oxygens (including phenoxy) is 1. The maximum absolute atomic E-state index is 10.5. The molecule has 4 aromatic rings. The summed E-state index contributed by atoms with van der Waals surface area (Å²) in [4.78, 5) is 8.68. The number of phenols is 2. The van der Waals surface area contributed by atoms with Crippen LogP contribution < -0.4 is 4.74 Å². The Hall–Kier alpha value is -4.46. The summed E-state index contributed by atoms with van der Waals surface area (Å²) in [7, 11) is 0. The first-order chi connectivity index (χ1) is 20.3. The van der Waals surface area contributed by atoms with Crippen molar-refractivity contribution in [3.63, 3.8) is 0 Å². The molecule has 0 saturated heterocycles. The van der Waals surface area contributed by atoms with Gasteiger partial charge in [-0.1, -0.05) is 62.4 Å². The van der Waals surface area contributed by atoms with Gasteiger partial charge in [-0.2, -0.15) is 0 Å². The second kappa shape index (κ2) is 12.6. The molecule has 7 nitrogen and oxygen atoms in total. The van der Waals surface area contributed by atoms with Gasteiger partial charge in [0.25, 0.3) is 0 Å². The molecule has 216 valence electrons. The van der Waals surface area contributed by atoms with Crippen LogP contribution in [0.1, 0.15) is 48.9 Å². The number of nitrogens with zero attached hydrogens (tertiary/aromatic N) is 2. The monoisotopic (exact) mass is 564 g/mol. The Labute approximate surface area is 246 Å². The molecule has 1 aliphatic heterocycles. The molecule has 0 atom stereocenters. The summed E-state index contributed by atoms with van der Waals surface area (Å²) < 4.78 is 6.80. The van der Waals surface area contributed by atoms with E-state index in [0.29, 0.717) is 37.1 Å². The predicted molar refractivity (Wildman–Crippen MR) is 168 cm³/mol. The third-order valence-electron chi connectivity index (χ3n) is 7.61. The number of hydrogen-bond acceptors (Lipinski definition) is 7. The van der Waals surface area contributed by atoms with E-state index in [1.54, 1.807) is 24.6 Å². The van der Waals surface area contributed by atoms with Crippen LogP contribution in [0.4, 0.5) is 0 Å². The van der Waals surface area contributed by atoms with E-state index >= 15 is 0 Å². The van der Waals surface area contributed by atoms with E-state index in [0.717, 1.165) is 44.9 Å². The topological polar surface area (TPSA) is 115 Å². The lowest BCUT2D eigenvalue weighted by atomic mass is 9.74. The summed E-state index contributed by atoms with van der Waals surface area (Å²) in [6.45, 7) is 5.47. The molecule has 0 aromatic heterocycles. The molecule has 0 amide bonds. The van der Waals surface area contributed by atoms with Crippen LogP contribution in [-0.2, 0) is 5.41 Å². The predicted octanol–water partition coefficient (Wildman–Crippen LogP) is 6.47. The van der Waals surface area contributed by atoms with Crippen molar-refractivity contribution in [3.8, 4) is 45.3 Å². The van der Waals surface area contributed by atoms with E-state index in [2.05, 4.69) is 36.0 Å². The van der Waals surface area contributed by atoms with Crippen molar-refractivity contribution in [1.29, 1.82) is 0 Å². The van der Waals surface area contributed by atoms with Crippen molar-refractivity contribution in [1.82, 2.24) is 0 Å². The third-order valence-corrected chi connectivity index (χ3v) is 7.61. The van der Waals surface area contributed by atoms with Gasteiger partial charge >= 0.3 is 0 Å². The normalized spacial score (nSPS) is 13.7. The molecule has 4 aromatic carbocycles. The van der Waals surface area contributed by atoms with Gasteiger partial charge in [0.1, 0.15) is 23.0 Å². The lowest BCUT2D eigenvalue weighted by Gasteiger charge is -2.36. The molecule has 0 spiro atoms. The molecule has 0 unspecified atom stereocenters. The average molecular weight is 565 g/mol. The van der Waals surface area contributed by atoms with Crippen LogP contribution in [0, 0.1) is 0 Å². The van der Waals surface area contributed by atoms with Gasteiger partial charge in [-0.15, -0.1) is 0 Å². The van der Waals surface area contributed by atoms with Gasteiger partial charge in [0.2, 0.25) is 0 Å². The largest absolute Gasteiger partial charge is 0.507 e. The van der Waals surface area contributed by atoms with Crippen LogP contribution in [0.3, 0.4) is 0 Å². The van der Waals surface area contributed by atoms with Gasteiger partial charge in [0.05, 0.1) is 0 Å². The summed E-state index contributed by atoms with van der Waals surface area (Å²) in [6, 6.07) is 23.1. The Morgan fingerprint density at radius 3 is 1.55 bits per heavy atom.